The quantitative estimate of drug-likeness (QED) is 0.828. The number of aliphatic hydroxyl groups is 1. The molecular formula is C12H13BrN4O2. The number of aromatic nitrogens is 3. The predicted molar refractivity (Wildman–Crippen MR) is 72.7 cm³/mol. The van der Waals surface area contributed by atoms with Crippen molar-refractivity contribution < 1.29 is 9.90 Å². The maximum absolute atomic E-state index is 12.3. The van der Waals surface area contributed by atoms with Gasteiger partial charge in [-0.1, -0.05) is 0 Å². The van der Waals surface area contributed by atoms with Gasteiger partial charge in [-0.25, -0.2) is 0 Å². The smallest absolute Gasteiger partial charge is 0.272 e. The molecule has 0 aliphatic carbocycles. The van der Waals surface area contributed by atoms with Crippen LogP contribution in [0.5, 0.6) is 0 Å². The highest BCUT2D eigenvalue weighted by atomic mass is 79.9. The van der Waals surface area contributed by atoms with E-state index in [1.807, 2.05) is 0 Å². The summed E-state index contributed by atoms with van der Waals surface area (Å²) in [4.78, 5) is 18.2. The van der Waals surface area contributed by atoms with Gasteiger partial charge in [0.25, 0.3) is 5.91 Å². The molecule has 2 aromatic rings. The summed E-state index contributed by atoms with van der Waals surface area (Å²) in [6.45, 7) is 1.15. The molecule has 1 saturated heterocycles. The van der Waals surface area contributed by atoms with Crippen molar-refractivity contribution in [3.8, 4) is 0 Å². The molecule has 3 heterocycles. The van der Waals surface area contributed by atoms with E-state index in [1.54, 1.807) is 17.2 Å². The van der Waals surface area contributed by atoms with E-state index in [4.69, 9.17) is 0 Å². The predicted octanol–water partition coefficient (Wildman–Crippen LogP) is 1.32. The number of amides is 1. The van der Waals surface area contributed by atoms with Crippen molar-refractivity contribution in [2.45, 2.75) is 18.9 Å². The third kappa shape index (κ3) is 2.35. The molecule has 0 bridgehead atoms. The van der Waals surface area contributed by atoms with Gasteiger partial charge in [-0.2, -0.15) is 5.10 Å². The Morgan fingerprint density at radius 1 is 1.47 bits per heavy atom. The van der Waals surface area contributed by atoms with E-state index < -0.39 is 0 Å². The van der Waals surface area contributed by atoms with Gasteiger partial charge in [-0.15, -0.1) is 0 Å². The van der Waals surface area contributed by atoms with Gasteiger partial charge in [0.2, 0.25) is 0 Å². The number of rotatable bonds is 1. The van der Waals surface area contributed by atoms with Crippen LogP contribution >= 0.6 is 15.9 Å². The number of carbonyl (C=O) groups excluding carboxylic acids is 1. The molecule has 1 fully saturated rings. The van der Waals surface area contributed by atoms with Gasteiger partial charge in [0.15, 0.2) is 0 Å². The molecule has 3 rings (SSSR count). The van der Waals surface area contributed by atoms with Crippen LogP contribution in [-0.4, -0.2) is 50.3 Å². The Labute approximate surface area is 117 Å². The number of carbonyl (C=O) groups is 1. The highest BCUT2D eigenvalue weighted by molar-refractivity contribution is 9.10. The minimum Gasteiger partial charge on any atom is -0.393 e. The Morgan fingerprint density at radius 3 is 2.95 bits per heavy atom. The molecule has 2 aromatic heterocycles. The number of hydrogen-bond acceptors (Lipinski definition) is 4. The molecule has 0 saturated carbocycles. The number of fused-ring (bicyclic) bond motifs is 1. The lowest BCUT2D eigenvalue weighted by Crippen LogP contribution is -2.40. The van der Waals surface area contributed by atoms with E-state index in [2.05, 4.69) is 31.1 Å². The van der Waals surface area contributed by atoms with Crippen molar-refractivity contribution in [3.05, 3.63) is 22.6 Å². The average molecular weight is 325 g/mol. The maximum Gasteiger partial charge on any atom is 0.272 e. The first-order chi connectivity index (χ1) is 9.15. The van der Waals surface area contributed by atoms with Gasteiger partial charge in [0.1, 0.15) is 10.3 Å². The minimum absolute atomic E-state index is 0.104. The molecule has 19 heavy (non-hydrogen) atoms. The van der Waals surface area contributed by atoms with Crippen LogP contribution in [-0.2, 0) is 0 Å². The second-order valence-electron chi connectivity index (χ2n) is 4.65. The Bertz CT molecular complexity index is 619. The van der Waals surface area contributed by atoms with Gasteiger partial charge in [-0.3, -0.25) is 14.9 Å². The summed E-state index contributed by atoms with van der Waals surface area (Å²) in [5, 5.41) is 17.2. The van der Waals surface area contributed by atoms with Crippen molar-refractivity contribution in [2.24, 2.45) is 0 Å². The van der Waals surface area contributed by atoms with E-state index in [9.17, 15) is 9.90 Å². The number of piperidine rings is 1. The van der Waals surface area contributed by atoms with Crippen LogP contribution in [0.2, 0.25) is 0 Å². The van der Waals surface area contributed by atoms with Crippen LogP contribution in [0.15, 0.2) is 16.9 Å². The van der Waals surface area contributed by atoms with Crippen molar-refractivity contribution >= 4 is 32.7 Å². The highest BCUT2D eigenvalue weighted by Gasteiger charge is 2.23. The molecule has 2 N–H and O–H groups in total. The summed E-state index contributed by atoms with van der Waals surface area (Å²) in [6.07, 6.45) is 2.60. The highest BCUT2D eigenvalue weighted by Crippen LogP contribution is 2.21. The largest absolute Gasteiger partial charge is 0.393 e. The average Bonchev–Trinajstić information content (AvgIpc) is 2.80. The fourth-order valence-corrected chi connectivity index (χ4v) is 2.62. The number of nitrogens with one attached hydrogen (secondary N) is 1. The van der Waals surface area contributed by atoms with Crippen LogP contribution in [0.25, 0.3) is 10.9 Å². The summed E-state index contributed by atoms with van der Waals surface area (Å²) < 4.78 is 0.759. The Kier molecular flexibility index (Phi) is 3.24. The lowest BCUT2D eigenvalue weighted by molar-refractivity contribution is 0.0541. The SMILES string of the molecule is O=C(c1cc2n[nH]c(Br)c2cn1)N1CCC(O)CC1. The molecule has 6 nitrogen and oxygen atoms in total. The zero-order valence-corrected chi connectivity index (χ0v) is 11.7. The zero-order valence-electron chi connectivity index (χ0n) is 10.1. The molecule has 0 radical (unpaired) electrons. The third-order valence-electron chi connectivity index (χ3n) is 3.36. The number of hydrogen-bond donors (Lipinski definition) is 2. The molecule has 100 valence electrons. The first-order valence-electron chi connectivity index (χ1n) is 6.12. The molecule has 0 atom stereocenters. The van der Waals surface area contributed by atoms with Crippen molar-refractivity contribution in [2.75, 3.05) is 13.1 Å². The van der Waals surface area contributed by atoms with Gasteiger partial charge in [0, 0.05) is 19.3 Å². The van der Waals surface area contributed by atoms with Crippen LogP contribution in [0, 0.1) is 0 Å². The summed E-state index contributed by atoms with van der Waals surface area (Å²) >= 11 is 3.33. The lowest BCUT2D eigenvalue weighted by Gasteiger charge is -2.29. The fourth-order valence-electron chi connectivity index (χ4n) is 2.22. The number of H-pyrrole nitrogens is 1. The van der Waals surface area contributed by atoms with E-state index in [-0.39, 0.29) is 12.0 Å². The molecule has 0 aromatic carbocycles. The number of halogens is 1. The van der Waals surface area contributed by atoms with Crippen LogP contribution in [0.1, 0.15) is 23.3 Å². The second kappa shape index (κ2) is 4.90. The fraction of sp³-hybridized carbons (Fsp3) is 0.417. The van der Waals surface area contributed by atoms with Crippen LogP contribution in [0.3, 0.4) is 0 Å². The van der Waals surface area contributed by atoms with E-state index in [1.165, 1.54) is 0 Å². The lowest BCUT2D eigenvalue weighted by atomic mass is 10.1. The Balaban J connectivity index is 1.85. The number of aliphatic hydroxyl groups excluding tert-OH is 1. The molecule has 1 amide bonds. The van der Waals surface area contributed by atoms with E-state index in [0.29, 0.717) is 37.1 Å². The number of aromatic amines is 1. The molecule has 0 spiro atoms. The number of pyridine rings is 1. The first-order valence-corrected chi connectivity index (χ1v) is 6.91. The van der Waals surface area contributed by atoms with Gasteiger partial charge in [-0.05, 0) is 34.8 Å². The third-order valence-corrected chi connectivity index (χ3v) is 3.97. The molecular weight excluding hydrogens is 312 g/mol. The standard InChI is InChI=1S/C12H13BrN4O2/c13-11-8-6-14-10(5-9(8)15-16-11)12(19)17-3-1-7(18)2-4-17/h5-7,18H,1-4H2,(H,15,16). The van der Waals surface area contributed by atoms with Crippen LogP contribution in [0.4, 0.5) is 0 Å². The van der Waals surface area contributed by atoms with Crippen molar-refractivity contribution in [3.63, 3.8) is 0 Å². The Hall–Kier alpha value is -1.47. The van der Waals surface area contributed by atoms with Gasteiger partial charge < -0.3 is 10.0 Å². The summed E-state index contributed by atoms with van der Waals surface area (Å²) in [5.74, 6) is -0.104. The number of nitrogens with zero attached hydrogens (tertiary/aromatic N) is 3. The molecule has 1 aliphatic heterocycles. The van der Waals surface area contributed by atoms with Gasteiger partial charge in [0.05, 0.1) is 17.0 Å². The molecule has 7 heteroatoms. The zero-order chi connectivity index (χ0) is 13.4. The maximum atomic E-state index is 12.3. The topological polar surface area (TPSA) is 82.1 Å². The van der Waals surface area contributed by atoms with Gasteiger partial charge >= 0.3 is 0 Å². The monoisotopic (exact) mass is 324 g/mol. The second-order valence-corrected chi connectivity index (χ2v) is 5.44. The summed E-state index contributed by atoms with van der Waals surface area (Å²) in [5.41, 5.74) is 1.10. The first kappa shape index (κ1) is 12.6. The van der Waals surface area contributed by atoms with Crippen molar-refractivity contribution in [1.82, 2.24) is 20.1 Å². The molecule has 0 unspecified atom stereocenters. The Morgan fingerprint density at radius 2 is 2.21 bits per heavy atom. The normalized spacial score (nSPS) is 17.1. The summed E-state index contributed by atoms with van der Waals surface area (Å²) in [6, 6.07) is 1.68. The van der Waals surface area contributed by atoms with Crippen molar-refractivity contribution in [1.29, 1.82) is 0 Å². The van der Waals surface area contributed by atoms with E-state index >= 15 is 0 Å². The minimum atomic E-state index is -0.290. The number of likely N-dealkylation sites (tertiary alicyclic amines) is 1. The molecule has 1 aliphatic rings. The summed E-state index contributed by atoms with van der Waals surface area (Å²) in [7, 11) is 0. The van der Waals surface area contributed by atoms with E-state index in [0.717, 1.165) is 9.99 Å². The van der Waals surface area contributed by atoms with Crippen LogP contribution < -0.4 is 0 Å².